The molecule has 7 nitrogen and oxygen atoms in total. The molecule has 1 aliphatic rings. The Morgan fingerprint density at radius 1 is 1.10 bits per heavy atom. The fourth-order valence-electron chi connectivity index (χ4n) is 2.94. The Balaban J connectivity index is 1.24. The number of benzene rings is 2. The van der Waals surface area contributed by atoms with Crippen molar-refractivity contribution in [2.75, 3.05) is 32.2 Å². The number of hydrogen-bond donors (Lipinski definition) is 1. The lowest BCUT2D eigenvalue weighted by Gasteiger charge is -2.18. The number of ether oxygens (including phenoxy) is 4. The van der Waals surface area contributed by atoms with Gasteiger partial charge in [0.15, 0.2) is 16.6 Å². The first-order chi connectivity index (χ1) is 14.7. The second-order valence-corrected chi connectivity index (χ2v) is 7.43. The Kier molecular flexibility index (Phi) is 6.34. The summed E-state index contributed by atoms with van der Waals surface area (Å²) in [6.45, 7) is 1.56. The van der Waals surface area contributed by atoms with Crippen LogP contribution in [0.25, 0.3) is 11.3 Å². The first kappa shape index (κ1) is 20.0. The Bertz CT molecular complexity index is 1000. The highest BCUT2D eigenvalue weighted by atomic mass is 32.1. The van der Waals surface area contributed by atoms with Crippen molar-refractivity contribution >= 4 is 22.4 Å². The summed E-state index contributed by atoms with van der Waals surface area (Å²) >= 11 is 1.39. The zero-order chi connectivity index (χ0) is 20.8. The summed E-state index contributed by atoms with van der Waals surface area (Å²) in [5, 5.41) is 5.33. The molecule has 2 heterocycles. The Morgan fingerprint density at radius 3 is 2.67 bits per heavy atom. The lowest BCUT2D eigenvalue weighted by molar-refractivity contribution is -0.116. The van der Waals surface area contributed by atoms with Crippen molar-refractivity contribution in [2.24, 2.45) is 0 Å². The minimum atomic E-state index is -0.0867. The number of anilines is 1. The maximum Gasteiger partial charge on any atom is 0.226 e. The predicted molar refractivity (Wildman–Crippen MR) is 115 cm³/mol. The molecule has 0 saturated carbocycles. The van der Waals surface area contributed by atoms with E-state index in [4.69, 9.17) is 18.9 Å². The molecule has 0 spiro atoms. The molecule has 30 heavy (non-hydrogen) atoms. The number of methoxy groups -OCH3 is 1. The van der Waals surface area contributed by atoms with E-state index >= 15 is 0 Å². The molecular weight excluding hydrogens is 404 g/mol. The maximum absolute atomic E-state index is 12.2. The van der Waals surface area contributed by atoms with Gasteiger partial charge in [-0.2, -0.15) is 0 Å². The Hall–Kier alpha value is -3.26. The third-order valence-electron chi connectivity index (χ3n) is 4.46. The van der Waals surface area contributed by atoms with E-state index < -0.39 is 0 Å². The number of hydrogen-bond acceptors (Lipinski definition) is 7. The number of rotatable bonds is 8. The van der Waals surface area contributed by atoms with Crippen LogP contribution >= 0.6 is 11.3 Å². The van der Waals surface area contributed by atoms with Gasteiger partial charge in [-0.15, -0.1) is 11.3 Å². The molecule has 0 bridgehead atoms. The van der Waals surface area contributed by atoms with Gasteiger partial charge >= 0.3 is 0 Å². The van der Waals surface area contributed by atoms with Crippen LogP contribution in [-0.4, -0.2) is 37.8 Å². The standard InChI is InChI=1S/C22H22N2O5S/c1-26-16-5-7-17(8-6-16)27-10-2-3-21(25)24-22-23-18(14-30-22)15-4-9-19-20(13-15)29-12-11-28-19/h4-9,13-14H,2-3,10-12H2,1H3,(H,23,24,25). The molecule has 1 amide bonds. The summed E-state index contributed by atoms with van der Waals surface area (Å²) in [7, 11) is 1.62. The average Bonchev–Trinajstić information content (AvgIpc) is 3.25. The highest BCUT2D eigenvalue weighted by Crippen LogP contribution is 2.35. The SMILES string of the molecule is COc1ccc(OCCCC(=O)Nc2nc(-c3ccc4c(c3)OCCO4)cs2)cc1. The molecule has 0 atom stereocenters. The van der Waals surface area contributed by atoms with E-state index in [0.717, 1.165) is 28.5 Å². The molecule has 0 unspecified atom stereocenters. The molecule has 3 aromatic rings. The summed E-state index contributed by atoms with van der Waals surface area (Å²) in [5.74, 6) is 2.90. The van der Waals surface area contributed by atoms with E-state index in [-0.39, 0.29) is 5.91 Å². The predicted octanol–water partition coefficient (Wildman–Crippen LogP) is 4.39. The molecule has 0 saturated heterocycles. The summed E-state index contributed by atoms with van der Waals surface area (Å²) in [4.78, 5) is 16.7. The van der Waals surface area contributed by atoms with Crippen LogP contribution in [0.1, 0.15) is 12.8 Å². The van der Waals surface area contributed by atoms with Gasteiger partial charge in [-0.1, -0.05) is 0 Å². The molecule has 156 valence electrons. The van der Waals surface area contributed by atoms with Crippen LogP contribution in [0.4, 0.5) is 5.13 Å². The molecule has 1 aromatic heterocycles. The molecule has 1 aliphatic heterocycles. The van der Waals surface area contributed by atoms with E-state index in [9.17, 15) is 4.79 Å². The molecule has 8 heteroatoms. The minimum Gasteiger partial charge on any atom is -0.497 e. The van der Waals surface area contributed by atoms with E-state index in [0.29, 0.717) is 43.5 Å². The van der Waals surface area contributed by atoms with E-state index in [1.807, 2.05) is 47.8 Å². The van der Waals surface area contributed by atoms with Gasteiger partial charge in [-0.3, -0.25) is 4.79 Å². The largest absolute Gasteiger partial charge is 0.497 e. The minimum absolute atomic E-state index is 0.0867. The quantitative estimate of drug-likeness (QED) is 0.538. The van der Waals surface area contributed by atoms with Gasteiger partial charge in [0.25, 0.3) is 0 Å². The van der Waals surface area contributed by atoms with Crippen LogP contribution < -0.4 is 24.3 Å². The number of carbonyl (C=O) groups excluding carboxylic acids is 1. The van der Waals surface area contributed by atoms with Gasteiger partial charge in [0.05, 0.1) is 19.4 Å². The normalized spacial score (nSPS) is 12.3. The molecular formula is C22H22N2O5S. The van der Waals surface area contributed by atoms with E-state index in [1.54, 1.807) is 7.11 Å². The first-order valence-corrected chi connectivity index (χ1v) is 10.5. The van der Waals surface area contributed by atoms with Crippen molar-refractivity contribution in [1.82, 2.24) is 4.98 Å². The number of nitrogens with zero attached hydrogens (tertiary/aromatic N) is 1. The number of carbonyl (C=O) groups is 1. The van der Waals surface area contributed by atoms with Crippen molar-refractivity contribution in [1.29, 1.82) is 0 Å². The van der Waals surface area contributed by atoms with Crippen LogP contribution in [-0.2, 0) is 4.79 Å². The van der Waals surface area contributed by atoms with Gasteiger partial charge in [-0.25, -0.2) is 4.98 Å². The molecule has 0 fully saturated rings. The summed E-state index contributed by atoms with van der Waals surface area (Å²) in [5.41, 5.74) is 1.71. The Labute approximate surface area is 178 Å². The van der Waals surface area contributed by atoms with E-state index in [1.165, 1.54) is 11.3 Å². The third kappa shape index (κ3) is 5.01. The molecule has 1 N–H and O–H groups in total. The maximum atomic E-state index is 12.2. The molecule has 0 aliphatic carbocycles. The highest BCUT2D eigenvalue weighted by Gasteiger charge is 2.14. The first-order valence-electron chi connectivity index (χ1n) is 9.63. The number of thiazole rings is 1. The highest BCUT2D eigenvalue weighted by molar-refractivity contribution is 7.14. The van der Waals surface area contributed by atoms with Crippen molar-refractivity contribution in [3.63, 3.8) is 0 Å². The van der Waals surface area contributed by atoms with E-state index in [2.05, 4.69) is 10.3 Å². The van der Waals surface area contributed by atoms with Crippen LogP contribution in [0.15, 0.2) is 47.8 Å². The van der Waals surface area contributed by atoms with Gasteiger partial charge in [0.2, 0.25) is 5.91 Å². The number of amides is 1. The topological polar surface area (TPSA) is 78.9 Å². The zero-order valence-corrected chi connectivity index (χ0v) is 17.4. The van der Waals surface area contributed by atoms with Crippen LogP contribution in [0, 0.1) is 0 Å². The Morgan fingerprint density at radius 2 is 1.87 bits per heavy atom. The fourth-order valence-corrected chi connectivity index (χ4v) is 3.68. The summed E-state index contributed by atoms with van der Waals surface area (Å²) in [6, 6.07) is 13.1. The second-order valence-electron chi connectivity index (χ2n) is 6.57. The lowest BCUT2D eigenvalue weighted by Crippen LogP contribution is -2.15. The average molecular weight is 426 g/mol. The molecule has 0 radical (unpaired) electrons. The number of nitrogens with one attached hydrogen (secondary N) is 1. The van der Waals surface area contributed by atoms with Gasteiger partial charge < -0.3 is 24.3 Å². The summed E-state index contributed by atoms with van der Waals surface area (Å²) in [6.07, 6.45) is 0.966. The van der Waals surface area contributed by atoms with Gasteiger partial charge in [0, 0.05) is 17.4 Å². The number of fused-ring (bicyclic) bond motifs is 1. The van der Waals surface area contributed by atoms with Crippen molar-refractivity contribution < 1.29 is 23.7 Å². The zero-order valence-electron chi connectivity index (χ0n) is 16.6. The monoisotopic (exact) mass is 426 g/mol. The molecule has 2 aromatic carbocycles. The summed E-state index contributed by atoms with van der Waals surface area (Å²) < 4.78 is 21.9. The lowest BCUT2D eigenvalue weighted by atomic mass is 10.1. The molecule has 4 rings (SSSR count). The van der Waals surface area contributed by atoms with Gasteiger partial charge in [0.1, 0.15) is 24.7 Å². The van der Waals surface area contributed by atoms with Crippen molar-refractivity contribution in [3.8, 4) is 34.3 Å². The van der Waals surface area contributed by atoms with Crippen LogP contribution in [0.5, 0.6) is 23.0 Å². The van der Waals surface area contributed by atoms with Crippen LogP contribution in [0.3, 0.4) is 0 Å². The fraction of sp³-hybridized carbons (Fsp3) is 0.273. The van der Waals surface area contributed by atoms with Crippen LogP contribution in [0.2, 0.25) is 0 Å². The third-order valence-corrected chi connectivity index (χ3v) is 5.22. The van der Waals surface area contributed by atoms with Gasteiger partial charge in [-0.05, 0) is 48.9 Å². The van der Waals surface area contributed by atoms with Crippen molar-refractivity contribution in [3.05, 3.63) is 47.8 Å². The second kappa shape index (κ2) is 9.49. The number of aromatic nitrogens is 1. The smallest absolute Gasteiger partial charge is 0.226 e. The van der Waals surface area contributed by atoms with Crippen molar-refractivity contribution in [2.45, 2.75) is 12.8 Å².